The van der Waals surface area contributed by atoms with Gasteiger partial charge in [0.15, 0.2) is 5.13 Å². The number of rotatable bonds is 5. The topological polar surface area (TPSA) is 54.0 Å². The lowest BCUT2D eigenvalue weighted by Crippen LogP contribution is -2.29. The summed E-state index contributed by atoms with van der Waals surface area (Å²) in [6.45, 7) is 2.59. The highest BCUT2D eigenvalue weighted by Crippen LogP contribution is 2.33. The number of nitrogens with one attached hydrogen (secondary N) is 2. The fourth-order valence-electron chi connectivity index (χ4n) is 2.44. The molecule has 0 unspecified atom stereocenters. The van der Waals surface area contributed by atoms with Crippen molar-refractivity contribution in [1.82, 2.24) is 10.3 Å². The Morgan fingerprint density at radius 3 is 2.75 bits per heavy atom. The first kappa shape index (κ1) is 16.7. The van der Waals surface area contributed by atoms with Crippen molar-refractivity contribution >= 4 is 44.3 Å². The lowest BCUT2D eigenvalue weighted by Gasteiger charge is -2.05. The van der Waals surface area contributed by atoms with Crippen molar-refractivity contribution in [3.8, 4) is 0 Å². The van der Waals surface area contributed by atoms with E-state index in [1.54, 1.807) is 0 Å². The number of halogens is 1. The van der Waals surface area contributed by atoms with Crippen LogP contribution >= 0.6 is 22.9 Å². The molecule has 0 atom stereocenters. The Hall–Kier alpha value is -2.11. The molecule has 1 heterocycles. The molecule has 0 saturated heterocycles. The highest BCUT2D eigenvalue weighted by Gasteiger charge is 2.11. The predicted octanol–water partition coefficient (Wildman–Crippen LogP) is 5.01. The van der Waals surface area contributed by atoms with Gasteiger partial charge in [0.1, 0.15) is 0 Å². The molecule has 0 aliphatic rings. The van der Waals surface area contributed by atoms with E-state index in [2.05, 4.69) is 27.8 Å². The van der Waals surface area contributed by atoms with Crippen LogP contribution in [0, 0.1) is 6.92 Å². The Labute approximate surface area is 149 Å². The highest BCUT2D eigenvalue weighted by molar-refractivity contribution is 7.23. The summed E-state index contributed by atoms with van der Waals surface area (Å²) in [5.41, 5.74) is 3.16. The number of aryl methyl sites for hydroxylation is 2. The Bertz CT molecular complexity index is 809. The molecule has 0 radical (unpaired) electrons. The van der Waals surface area contributed by atoms with E-state index in [1.807, 2.05) is 37.3 Å². The fraction of sp³-hybridized carbons (Fsp3) is 0.222. The van der Waals surface area contributed by atoms with Crippen LogP contribution in [0.25, 0.3) is 10.2 Å². The second-order valence-electron chi connectivity index (χ2n) is 5.53. The highest BCUT2D eigenvalue weighted by atomic mass is 35.5. The lowest BCUT2D eigenvalue weighted by molar-refractivity contribution is 0.252. The van der Waals surface area contributed by atoms with Crippen LogP contribution in [0.3, 0.4) is 0 Å². The minimum absolute atomic E-state index is 0.240. The summed E-state index contributed by atoms with van der Waals surface area (Å²) in [6, 6.07) is 13.8. The smallest absolute Gasteiger partial charge is 0.321 e. The molecule has 0 bridgehead atoms. The molecule has 0 fully saturated rings. The van der Waals surface area contributed by atoms with Gasteiger partial charge < -0.3 is 5.32 Å². The maximum atomic E-state index is 12.0. The van der Waals surface area contributed by atoms with Crippen molar-refractivity contribution in [2.45, 2.75) is 19.8 Å². The van der Waals surface area contributed by atoms with Crippen molar-refractivity contribution in [2.75, 3.05) is 11.9 Å². The van der Waals surface area contributed by atoms with Crippen LogP contribution in [0.15, 0.2) is 42.5 Å². The molecule has 2 amide bonds. The number of nitrogens with zero attached hydrogens (tertiary/aromatic N) is 1. The molecule has 24 heavy (non-hydrogen) atoms. The van der Waals surface area contributed by atoms with Crippen LogP contribution in [0.5, 0.6) is 0 Å². The van der Waals surface area contributed by atoms with Crippen LogP contribution in [0.2, 0.25) is 5.02 Å². The summed E-state index contributed by atoms with van der Waals surface area (Å²) in [7, 11) is 0. The Balaban J connectivity index is 1.52. The van der Waals surface area contributed by atoms with E-state index in [-0.39, 0.29) is 6.03 Å². The molecule has 2 aromatic carbocycles. The van der Waals surface area contributed by atoms with Gasteiger partial charge in [0.05, 0.1) is 15.2 Å². The molecular formula is C18H18ClN3OS. The van der Waals surface area contributed by atoms with Gasteiger partial charge in [-0.25, -0.2) is 9.78 Å². The summed E-state index contributed by atoms with van der Waals surface area (Å²) >= 11 is 7.57. The minimum Gasteiger partial charge on any atom is -0.338 e. The molecule has 1 aromatic heterocycles. The van der Waals surface area contributed by atoms with Gasteiger partial charge in [-0.1, -0.05) is 59.3 Å². The summed E-state index contributed by atoms with van der Waals surface area (Å²) in [5.74, 6) is 0. The van der Waals surface area contributed by atoms with Crippen molar-refractivity contribution in [1.29, 1.82) is 0 Å². The normalized spacial score (nSPS) is 10.8. The first-order valence-corrected chi connectivity index (χ1v) is 8.97. The van der Waals surface area contributed by atoms with Gasteiger partial charge in [0.25, 0.3) is 0 Å². The van der Waals surface area contributed by atoms with Crippen molar-refractivity contribution in [2.24, 2.45) is 0 Å². The standard InChI is InChI=1S/C18H18ClN3OS/c1-12-9-10-14(19)16-15(12)21-18(24-16)22-17(23)20-11-5-8-13-6-3-2-4-7-13/h2-4,6-7,9-10H,5,8,11H2,1H3,(H2,20,21,22,23). The zero-order chi connectivity index (χ0) is 16.9. The van der Waals surface area contributed by atoms with Gasteiger partial charge in [-0.2, -0.15) is 0 Å². The van der Waals surface area contributed by atoms with E-state index in [0.717, 1.165) is 28.6 Å². The molecular weight excluding hydrogens is 342 g/mol. The van der Waals surface area contributed by atoms with Gasteiger partial charge in [0, 0.05) is 6.54 Å². The van der Waals surface area contributed by atoms with E-state index in [0.29, 0.717) is 16.7 Å². The van der Waals surface area contributed by atoms with Crippen molar-refractivity contribution in [3.63, 3.8) is 0 Å². The maximum absolute atomic E-state index is 12.0. The number of anilines is 1. The molecule has 124 valence electrons. The van der Waals surface area contributed by atoms with E-state index in [1.165, 1.54) is 16.9 Å². The Morgan fingerprint density at radius 1 is 1.21 bits per heavy atom. The number of aromatic nitrogens is 1. The predicted molar refractivity (Wildman–Crippen MR) is 101 cm³/mol. The van der Waals surface area contributed by atoms with E-state index >= 15 is 0 Å². The van der Waals surface area contributed by atoms with Crippen molar-refractivity contribution in [3.05, 3.63) is 58.6 Å². The number of fused-ring (bicyclic) bond motifs is 1. The van der Waals surface area contributed by atoms with Crippen molar-refractivity contribution < 1.29 is 4.79 Å². The van der Waals surface area contributed by atoms with Crippen LogP contribution in [0.4, 0.5) is 9.93 Å². The van der Waals surface area contributed by atoms with Crippen LogP contribution < -0.4 is 10.6 Å². The number of urea groups is 1. The third kappa shape index (κ3) is 4.04. The number of carbonyl (C=O) groups excluding carboxylic acids is 1. The quantitative estimate of drug-likeness (QED) is 0.629. The monoisotopic (exact) mass is 359 g/mol. The van der Waals surface area contributed by atoms with Crippen LogP contribution in [-0.2, 0) is 6.42 Å². The molecule has 0 spiro atoms. The second-order valence-corrected chi connectivity index (χ2v) is 6.94. The number of hydrogen-bond donors (Lipinski definition) is 2. The molecule has 6 heteroatoms. The van der Waals surface area contributed by atoms with E-state index in [4.69, 9.17) is 11.6 Å². The number of amides is 2. The number of benzene rings is 2. The van der Waals surface area contributed by atoms with Crippen LogP contribution in [0.1, 0.15) is 17.5 Å². The number of carbonyl (C=O) groups is 1. The minimum atomic E-state index is -0.240. The summed E-state index contributed by atoms with van der Waals surface area (Å²) in [5, 5.41) is 6.86. The Kier molecular flexibility index (Phi) is 5.33. The molecule has 2 N–H and O–H groups in total. The SMILES string of the molecule is Cc1ccc(Cl)c2sc(NC(=O)NCCCc3ccccc3)nc12. The third-order valence-corrected chi connectivity index (χ3v) is 5.12. The average Bonchev–Trinajstić information content (AvgIpc) is 3.01. The zero-order valence-electron chi connectivity index (χ0n) is 13.3. The van der Waals surface area contributed by atoms with Gasteiger partial charge >= 0.3 is 6.03 Å². The van der Waals surface area contributed by atoms with Gasteiger partial charge in [-0.05, 0) is 37.0 Å². The summed E-state index contributed by atoms with van der Waals surface area (Å²) in [6.07, 6.45) is 1.83. The molecule has 0 saturated carbocycles. The number of thiazole rings is 1. The first-order chi connectivity index (χ1) is 11.6. The van der Waals surface area contributed by atoms with Gasteiger partial charge in [-0.3, -0.25) is 5.32 Å². The van der Waals surface area contributed by atoms with E-state index < -0.39 is 0 Å². The maximum Gasteiger partial charge on any atom is 0.321 e. The first-order valence-electron chi connectivity index (χ1n) is 7.78. The van der Waals surface area contributed by atoms with E-state index in [9.17, 15) is 4.79 Å². The average molecular weight is 360 g/mol. The van der Waals surface area contributed by atoms with Gasteiger partial charge in [0.2, 0.25) is 0 Å². The van der Waals surface area contributed by atoms with Crippen LogP contribution in [-0.4, -0.2) is 17.6 Å². The largest absolute Gasteiger partial charge is 0.338 e. The molecule has 0 aliphatic heterocycles. The number of hydrogen-bond acceptors (Lipinski definition) is 3. The zero-order valence-corrected chi connectivity index (χ0v) is 14.9. The molecule has 4 nitrogen and oxygen atoms in total. The second kappa shape index (κ2) is 7.64. The molecule has 0 aliphatic carbocycles. The lowest BCUT2D eigenvalue weighted by atomic mass is 10.1. The Morgan fingerprint density at radius 2 is 2.00 bits per heavy atom. The fourth-order valence-corrected chi connectivity index (χ4v) is 3.65. The summed E-state index contributed by atoms with van der Waals surface area (Å²) < 4.78 is 0.899. The molecule has 3 aromatic rings. The molecule has 3 rings (SSSR count). The van der Waals surface area contributed by atoms with Gasteiger partial charge in [-0.15, -0.1) is 0 Å². The third-order valence-electron chi connectivity index (χ3n) is 3.69. The summed E-state index contributed by atoms with van der Waals surface area (Å²) in [4.78, 5) is 16.4.